The SMILES string of the molecule is CC(C)NC(=O)c1ccccc1NC(=O)CSc1nnc(-c2ccc(Cl)cc2Cl)n1N. The van der Waals surface area contributed by atoms with Gasteiger partial charge >= 0.3 is 0 Å². The van der Waals surface area contributed by atoms with Crippen LogP contribution in [0.3, 0.4) is 0 Å². The Morgan fingerprint density at radius 3 is 2.61 bits per heavy atom. The van der Waals surface area contributed by atoms with Gasteiger partial charge in [0.05, 0.1) is 22.0 Å². The first-order valence-electron chi connectivity index (χ1n) is 9.24. The lowest BCUT2D eigenvalue weighted by atomic mass is 10.1. The Balaban J connectivity index is 1.68. The minimum atomic E-state index is -0.316. The minimum Gasteiger partial charge on any atom is -0.350 e. The molecular formula is C20H20Cl2N6O2S. The Morgan fingerprint density at radius 2 is 1.90 bits per heavy atom. The molecule has 0 unspecified atom stereocenters. The highest BCUT2D eigenvalue weighted by Gasteiger charge is 2.18. The first-order chi connectivity index (χ1) is 14.8. The zero-order valence-corrected chi connectivity index (χ0v) is 19.1. The van der Waals surface area contributed by atoms with E-state index in [0.29, 0.717) is 37.8 Å². The summed E-state index contributed by atoms with van der Waals surface area (Å²) < 4.78 is 1.26. The minimum absolute atomic E-state index is 0.0177. The van der Waals surface area contributed by atoms with E-state index in [1.165, 1.54) is 4.68 Å². The van der Waals surface area contributed by atoms with E-state index < -0.39 is 0 Å². The van der Waals surface area contributed by atoms with Crippen LogP contribution in [0.5, 0.6) is 0 Å². The Hall–Kier alpha value is -2.75. The Bertz CT molecular complexity index is 1120. The summed E-state index contributed by atoms with van der Waals surface area (Å²) in [5.74, 6) is 5.88. The van der Waals surface area contributed by atoms with Crippen LogP contribution < -0.4 is 16.5 Å². The van der Waals surface area contributed by atoms with Gasteiger partial charge in [-0.3, -0.25) is 9.59 Å². The van der Waals surface area contributed by atoms with E-state index in [0.717, 1.165) is 11.8 Å². The summed E-state index contributed by atoms with van der Waals surface area (Å²) in [7, 11) is 0. The van der Waals surface area contributed by atoms with Crippen molar-refractivity contribution in [2.24, 2.45) is 0 Å². The molecule has 31 heavy (non-hydrogen) atoms. The second kappa shape index (κ2) is 10.0. The number of rotatable bonds is 7. The van der Waals surface area contributed by atoms with Gasteiger partial charge in [0.1, 0.15) is 0 Å². The lowest BCUT2D eigenvalue weighted by Crippen LogP contribution is -2.31. The number of hydrogen-bond acceptors (Lipinski definition) is 6. The molecule has 0 fully saturated rings. The van der Waals surface area contributed by atoms with Gasteiger partial charge < -0.3 is 16.5 Å². The third-order valence-corrected chi connectivity index (χ3v) is 5.53. The van der Waals surface area contributed by atoms with E-state index in [1.54, 1.807) is 42.5 Å². The number of aromatic nitrogens is 3. The Morgan fingerprint density at radius 1 is 1.16 bits per heavy atom. The highest BCUT2D eigenvalue weighted by atomic mass is 35.5. The summed E-state index contributed by atoms with van der Waals surface area (Å²) in [5.41, 5.74) is 1.38. The molecule has 8 nitrogen and oxygen atoms in total. The van der Waals surface area contributed by atoms with Gasteiger partial charge in [-0.25, -0.2) is 4.68 Å². The summed E-state index contributed by atoms with van der Waals surface area (Å²) in [6.45, 7) is 3.73. The average Bonchev–Trinajstić information content (AvgIpc) is 3.06. The van der Waals surface area contributed by atoms with Crippen molar-refractivity contribution in [3.63, 3.8) is 0 Å². The van der Waals surface area contributed by atoms with E-state index >= 15 is 0 Å². The van der Waals surface area contributed by atoms with Crippen molar-refractivity contribution < 1.29 is 9.59 Å². The average molecular weight is 479 g/mol. The van der Waals surface area contributed by atoms with Gasteiger partial charge in [0.25, 0.3) is 5.91 Å². The van der Waals surface area contributed by atoms with Crippen LogP contribution in [0.1, 0.15) is 24.2 Å². The molecule has 0 saturated heterocycles. The van der Waals surface area contributed by atoms with Crippen molar-refractivity contribution in [2.45, 2.75) is 25.0 Å². The molecule has 0 aliphatic rings. The number of nitrogens with one attached hydrogen (secondary N) is 2. The topological polar surface area (TPSA) is 115 Å². The number of benzene rings is 2. The third kappa shape index (κ3) is 5.69. The molecule has 0 saturated carbocycles. The van der Waals surface area contributed by atoms with Crippen molar-refractivity contribution in [1.29, 1.82) is 0 Å². The van der Waals surface area contributed by atoms with Gasteiger partial charge in [0.2, 0.25) is 11.1 Å². The van der Waals surface area contributed by atoms with Crippen molar-refractivity contribution in [2.75, 3.05) is 16.9 Å². The molecule has 2 aromatic carbocycles. The summed E-state index contributed by atoms with van der Waals surface area (Å²) in [6, 6.07) is 11.7. The Kier molecular flexibility index (Phi) is 7.42. The molecule has 0 bridgehead atoms. The zero-order chi connectivity index (χ0) is 22.5. The molecule has 162 valence electrons. The molecular weight excluding hydrogens is 459 g/mol. The fourth-order valence-electron chi connectivity index (χ4n) is 2.68. The van der Waals surface area contributed by atoms with Crippen LogP contribution in [-0.4, -0.2) is 38.5 Å². The highest BCUT2D eigenvalue weighted by molar-refractivity contribution is 7.99. The lowest BCUT2D eigenvalue weighted by molar-refractivity contribution is -0.113. The van der Waals surface area contributed by atoms with Crippen molar-refractivity contribution in [1.82, 2.24) is 20.2 Å². The van der Waals surface area contributed by atoms with E-state index in [1.807, 2.05) is 13.8 Å². The molecule has 2 amide bonds. The van der Waals surface area contributed by atoms with E-state index in [9.17, 15) is 9.59 Å². The summed E-state index contributed by atoms with van der Waals surface area (Å²) >= 11 is 13.2. The first kappa shape index (κ1) is 22.9. The molecule has 11 heteroatoms. The molecule has 1 heterocycles. The summed E-state index contributed by atoms with van der Waals surface area (Å²) in [5, 5.41) is 14.9. The van der Waals surface area contributed by atoms with Crippen LogP contribution in [0, 0.1) is 0 Å². The van der Waals surface area contributed by atoms with Crippen LogP contribution in [0.15, 0.2) is 47.6 Å². The second-order valence-corrected chi connectivity index (χ2v) is 8.60. The number of carbonyl (C=O) groups excluding carboxylic acids is 2. The number of carbonyl (C=O) groups is 2. The maximum absolute atomic E-state index is 12.5. The van der Waals surface area contributed by atoms with Gasteiger partial charge in [-0.1, -0.05) is 47.1 Å². The number of thioether (sulfide) groups is 1. The molecule has 3 aromatic rings. The maximum Gasteiger partial charge on any atom is 0.253 e. The number of hydrogen-bond donors (Lipinski definition) is 3. The molecule has 0 atom stereocenters. The molecule has 1 aromatic heterocycles. The third-order valence-electron chi connectivity index (χ3n) is 4.03. The molecule has 0 aliphatic heterocycles. The smallest absolute Gasteiger partial charge is 0.253 e. The number of nitrogens with two attached hydrogens (primary N) is 1. The van der Waals surface area contributed by atoms with Crippen LogP contribution in [0.25, 0.3) is 11.4 Å². The van der Waals surface area contributed by atoms with Gasteiger partial charge in [0.15, 0.2) is 5.82 Å². The molecule has 4 N–H and O–H groups in total. The molecule has 0 spiro atoms. The van der Waals surface area contributed by atoms with Gasteiger partial charge in [-0.05, 0) is 44.2 Å². The van der Waals surface area contributed by atoms with E-state index in [-0.39, 0.29) is 23.6 Å². The molecule has 3 rings (SSSR count). The zero-order valence-electron chi connectivity index (χ0n) is 16.7. The first-order valence-corrected chi connectivity index (χ1v) is 11.0. The van der Waals surface area contributed by atoms with Crippen LogP contribution in [0.4, 0.5) is 5.69 Å². The monoisotopic (exact) mass is 478 g/mol. The van der Waals surface area contributed by atoms with Crippen LogP contribution in [-0.2, 0) is 4.79 Å². The quantitative estimate of drug-likeness (QED) is 0.351. The fourth-order valence-corrected chi connectivity index (χ4v) is 3.83. The number of nitrogen functional groups attached to an aromatic ring is 1. The lowest BCUT2D eigenvalue weighted by Gasteiger charge is -2.13. The summed E-state index contributed by atoms with van der Waals surface area (Å²) in [4.78, 5) is 24.8. The normalized spacial score (nSPS) is 10.9. The molecule has 0 aliphatic carbocycles. The van der Waals surface area contributed by atoms with Gasteiger partial charge in [-0.2, -0.15) is 0 Å². The fraction of sp³-hybridized carbons (Fsp3) is 0.200. The standard InChI is InChI=1S/C20H20Cl2N6O2S/c1-11(2)24-19(30)14-5-3-4-6-16(14)25-17(29)10-31-20-27-26-18(28(20)23)13-8-7-12(21)9-15(13)22/h3-9,11H,10,23H2,1-2H3,(H,24,30)(H,25,29). The number of amides is 2. The predicted octanol–water partition coefficient (Wildman–Crippen LogP) is 3.83. The predicted molar refractivity (Wildman–Crippen MR) is 124 cm³/mol. The number of para-hydroxylation sites is 1. The van der Waals surface area contributed by atoms with Crippen molar-refractivity contribution in [3.05, 3.63) is 58.1 Å². The maximum atomic E-state index is 12.5. The van der Waals surface area contributed by atoms with E-state index in [2.05, 4.69) is 20.8 Å². The van der Waals surface area contributed by atoms with Crippen LogP contribution >= 0.6 is 35.0 Å². The Labute approximate surface area is 193 Å². The second-order valence-electron chi connectivity index (χ2n) is 6.81. The van der Waals surface area contributed by atoms with Crippen molar-refractivity contribution >= 4 is 52.5 Å². The van der Waals surface area contributed by atoms with Crippen molar-refractivity contribution in [3.8, 4) is 11.4 Å². The van der Waals surface area contributed by atoms with Gasteiger partial charge in [-0.15, -0.1) is 10.2 Å². The van der Waals surface area contributed by atoms with E-state index in [4.69, 9.17) is 29.0 Å². The number of nitrogens with zero attached hydrogens (tertiary/aromatic N) is 3. The highest BCUT2D eigenvalue weighted by Crippen LogP contribution is 2.30. The summed E-state index contributed by atoms with van der Waals surface area (Å²) in [6.07, 6.45) is 0. The van der Waals surface area contributed by atoms with Crippen LogP contribution in [0.2, 0.25) is 10.0 Å². The number of anilines is 1. The number of halogens is 2. The van der Waals surface area contributed by atoms with Gasteiger partial charge in [0, 0.05) is 16.6 Å². The molecule has 0 radical (unpaired) electrons. The largest absolute Gasteiger partial charge is 0.350 e.